The fraction of sp³-hybridized carbons (Fsp3) is 0.231. The van der Waals surface area contributed by atoms with Crippen LogP contribution in [0.5, 0.6) is 0 Å². The zero-order valence-corrected chi connectivity index (χ0v) is 11.4. The van der Waals surface area contributed by atoms with E-state index in [2.05, 4.69) is 10.4 Å². The lowest BCUT2D eigenvalue weighted by molar-refractivity contribution is 0.587. The van der Waals surface area contributed by atoms with Gasteiger partial charge in [0.25, 0.3) is 5.56 Å². The molecule has 1 N–H and O–H groups in total. The van der Waals surface area contributed by atoms with Crippen molar-refractivity contribution in [3.05, 3.63) is 57.0 Å². The molecule has 1 heterocycles. The molecule has 0 fully saturated rings. The summed E-state index contributed by atoms with van der Waals surface area (Å²) in [4.78, 5) is 11.7. The maximum atomic E-state index is 13.4. The van der Waals surface area contributed by atoms with Crippen molar-refractivity contribution in [2.45, 2.75) is 20.0 Å². The van der Waals surface area contributed by atoms with Crippen LogP contribution in [0.15, 0.2) is 29.2 Å². The summed E-state index contributed by atoms with van der Waals surface area (Å²) in [5.41, 5.74) is -0.00959. The highest BCUT2D eigenvalue weighted by Crippen LogP contribution is 2.17. The zero-order valence-electron chi connectivity index (χ0n) is 10.7. The van der Waals surface area contributed by atoms with Crippen LogP contribution < -0.4 is 10.9 Å². The number of nitrogens with one attached hydrogen (secondary N) is 1. The highest BCUT2D eigenvalue weighted by molar-refractivity contribution is 6.32. The molecular formula is C13H12ClF2N3O. The van der Waals surface area contributed by atoms with Crippen molar-refractivity contribution in [3.63, 3.8) is 0 Å². The van der Waals surface area contributed by atoms with Gasteiger partial charge in [-0.2, -0.15) is 5.10 Å². The minimum absolute atomic E-state index is 0.000567. The number of anilines is 1. The molecule has 0 atom stereocenters. The van der Waals surface area contributed by atoms with Gasteiger partial charge in [-0.3, -0.25) is 4.79 Å². The van der Waals surface area contributed by atoms with E-state index in [1.165, 1.54) is 10.9 Å². The predicted octanol–water partition coefficient (Wildman–Crippen LogP) is 2.81. The smallest absolute Gasteiger partial charge is 0.287 e. The first kappa shape index (κ1) is 14.5. The lowest BCUT2D eigenvalue weighted by Crippen LogP contribution is -2.23. The highest BCUT2D eigenvalue weighted by atomic mass is 35.5. The van der Waals surface area contributed by atoms with Crippen LogP contribution in [0.1, 0.15) is 12.5 Å². The SMILES string of the molecule is CCn1ncc(NCc2cc(F)ccc2F)c(Cl)c1=O. The third kappa shape index (κ3) is 2.96. The summed E-state index contributed by atoms with van der Waals surface area (Å²) < 4.78 is 27.7. The zero-order chi connectivity index (χ0) is 14.7. The van der Waals surface area contributed by atoms with E-state index in [1.54, 1.807) is 6.92 Å². The van der Waals surface area contributed by atoms with Gasteiger partial charge >= 0.3 is 0 Å². The number of rotatable bonds is 4. The van der Waals surface area contributed by atoms with Gasteiger partial charge in [-0.1, -0.05) is 11.6 Å². The number of halogens is 3. The topological polar surface area (TPSA) is 46.9 Å². The molecule has 0 aliphatic carbocycles. The molecule has 0 bridgehead atoms. The number of hydrogen-bond acceptors (Lipinski definition) is 3. The molecule has 1 aromatic carbocycles. The number of benzene rings is 1. The van der Waals surface area contributed by atoms with Crippen molar-refractivity contribution in [1.82, 2.24) is 9.78 Å². The molecule has 0 spiro atoms. The summed E-state index contributed by atoms with van der Waals surface area (Å²) in [7, 11) is 0. The Hall–Kier alpha value is -1.95. The van der Waals surface area contributed by atoms with Crippen LogP contribution in [0.2, 0.25) is 5.02 Å². The van der Waals surface area contributed by atoms with Gasteiger partial charge in [0.05, 0.1) is 11.9 Å². The van der Waals surface area contributed by atoms with Crippen molar-refractivity contribution < 1.29 is 8.78 Å². The summed E-state index contributed by atoms with van der Waals surface area (Å²) >= 11 is 5.91. The van der Waals surface area contributed by atoms with Gasteiger partial charge in [-0.25, -0.2) is 13.5 Å². The van der Waals surface area contributed by atoms with Crippen molar-refractivity contribution in [2.24, 2.45) is 0 Å². The molecule has 20 heavy (non-hydrogen) atoms. The van der Waals surface area contributed by atoms with Crippen molar-refractivity contribution in [1.29, 1.82) is 0 Å². The second-order valence-electron chi connectivity index (χ2n) is 4.08. The molecule has 0 amide bonds. The Kier molecular flexibility index (Phi) is 4.34. The quantitative estimate of drug-likeness (QED) is 0.944. The van der Waals surface area contributed by atoms with Gasteiger partial charge in [0.1, 0.15) is 16.7 Å². The van der Waals surface area contributed by atoms with E-state index >= 15 is 0 Å². The summed E-state index contributed by atoms with van der Waals surface area (Å²) in [5.74, 6) is -1.07. The molecule has 0 unspecified atom stereocenters. The minimum Gasteiger partial charge on any atom is -0.378 e. The lowest BCUT2D eigenvalue weighted by atomic mass is 10.2. The first-order valence-electron chi connectivity index (χ1n) is 5.96. The molecule has 106 valence electrons. The fourth-order valence-corrected chi connectivity index (χ4v) is 1.90. The Morgan fingerprint density at radius 2 is 2.15 bits per heavy atom. The Morgan fingerprint density at radius 3 is 2.85 bits per heavy atom. The molecule has 0 saturated heterocycles. The predicted molar refractivity (Wildman–Crippen MR) is 72.9 cm³/mol. The molecule has 7 heteroatoms. The molecule has 0 aliphatic heterocycles. The summed E-state index contributed by atoms with van der Waals surface area (Å²) in [6.45, 7) is 2.16. The normalized spacial score (nSPS) is 10.6. The number of aromatic nitrogens is 2. The van der Waals surface area contributed by atoms with Crippen LogP contribution in [-0.2, 0) is 13.1 Å². The van der Waals surface area contributed by atoms with Crippen LogP contribution >= 0.6 is 11.6 Å². The Labute approximate surface area is 119 Å². The van der Waals surface area contributed by atoms with E-state index in [-0.39, 0.29) is 22.8 Å². The number of nitrogens with zero attached hydrogens (tertiary/aromatic N) is 2. The lowest BCUT2D eigenvalue weighted by Gasteiger charge is -2.10. The average molecular weight is 300 g/mol. The highest BCUT2D eigenvalue weighted by Gasteiger charge is 2.09. The van der Waals surface area contributed by atoms with E-state index in [4.69, 9.17) is 11.6 Å². The van der Waals surface area contributed by atoms with E-state index in [0.717, 1.165) is 18.2 Å². The van der Waals surface area contributed by atoms with Gasteiger partial charge in [-0.05, 0) is 25.1 Å². The van der Waals surface area contributed by atoms with Crippen LogP contribution in [0.3, 0.4) is 0 Å². The van der Waals surface area contributed by atoms with Crippen molar-refractivity contribution in [2.75, 3.05) is 5.32 Å². The summed E-state index contributed by atoms with van der Waals surface area (Å²) in [6, 6.07) is 3.16. The van der Waals surface area contributed by atoms with Gasteiger partial charge in [0.15, 0.2) is 0 Å². The average Bonchev–Trinajstić information content (AvgIpc) is 2.44. The second kappa shape index (κ2) is 6.00. The van der Waals surface area contributed by atoms with Crippen LogP contribution in [0.4, 0.5) is 14.5 Å². The van der Waals surface area contributed by atoms with Crippen LogP contribution in [-0.4, -0.2) is 9.78 Å². The molecule has 0 radical (unpaired) electrons. The Bertz CT molecular complexity index is 688. The Balaban J connectivity index is 2.21. The molecule has 2 rings (SSSR count). The monoisotopic (exact) mass is 299 g/mol. The fourth-order valence-electron chi connectivity index (χ4n) is 1.68. The molecule has 1 aromatic heterocycles. The largest absolute Gasteiger partial charge is 0.378 e. The first-order valence-corrected chi connectivity index (χ1v) is 6.34. The van der Waals surface area contributed by atoms with E-state index < -0.39 is 17.2 Å². The standard InChI is InChI=1S/C13H12ClF2N3O/c1-2-19-13(20)12(14)11(7-18-19)17-6-8-5-9(15)3-4-10(8)16/h3-5,7,17H,2,6H2,1H3. The van der Waals surface area contributed by atoms with Crippen molar-refractivity contribution >= 4 is 17.3 Å². The molecule has 0 aliphatic rings. The Morgan fingerprint density at radius 1 is 1.40 bits per heavy atom. The van der Waals surface area contributed by atoms with Crippen LogP contribution in [0.25, 0.3) is 0 Å². The number of hydrogen-bond donors (Lipinski definition) is 1. The molecule has 4 nitrogen and oxygen atoms in total. The maximum absolute atomic E-state index is 13.4. The summed E-state index contributed by atoms with van der Waals surface area (Å²) in [6.07, 6.45) is 1.38. The first-order chi connectivity index (χ1) is 9.52. The van der Waals surface area contributed by atoms with E-state index in [1.807, 2.05) is 0 Å². The van der Waals surface area contributed by atoms with Crippen molar-refractivity contribution in [3.8, 4) is 0 Å². The number of aryl methyl sites for hydroxylation is 1. The van der Waals surface area contributed by atoms with Gasteiger partial charge < -0.3 is 5.32 Å². The molecular weight excluding hydrogens is 288 g/mol. The van der Waals surface area contributed by atoms with Gasteiger partial charge in [-0.15, -0.1) is 0 Å². The third-order valence-electron chi connectivity index (χ3n) is 2.76. The second-order valence-corrected chi connectivity index (χ2v) is 4.46. The third-order valence-corrected chi connectivity index (χ3v) is 3.13. The van der Waals surface area contributed by atoms with E-state index in [9.17, 15) is 13.6 Å². The van der Waals surface area contributed by atoms with E-state index in [0.29, 0.717) is 6.54 Å². The molecule has 2 aromatic rings. The molecule has 0 saturated carbocycles. The minimum atomic E-state index is -0.537. The maximum Gasteiger partial charge on any atom is 0.287 e. The van der Waals surface area contributed by atoms with Crippen LogP contribution in [0, 0.1) is 11.6 Å². The summed E-state index contributed by atoms with van der Waals surface area (Å²) in [5, 5.41) is 6.65. The van der Waals surface area contributed by atoms with Gasteiger partial charge in [0.2, 0.25) is 0 Å². The van der Waals surface area contributed by atoms with Gasteiger partial charge in [0, 0.05) is 18.7 Å².